The van der Waals surface area contributed by atoms with Gasteiger partial charge in [0.25, 0.3) is 5.91 Å². The summed E-state index contributed by atoms with van der Waals surface area (Å²) in [6, 6.07) is -0.945. The van der Waals surface area contributed by atoms with Gasteiger partial charge in [-0.05, 0) is 0 Å². The fourth-order valence-electron chi connectivity index (χ4n) is 3.52. The van der Waals surface area contributed by atoms with Gasteiger partial charge in [-0.1, -0.05) is 0 Å². The molecule has 2 unspecified atom stereocenters. The van der Waals surface area contributed by atoms with Crippen molar-refractivity contribution in [3.8, 4) is 0 Å². The normalized spacial score (nSPS) is 27.5. The van der Waals surface area contributed by atoms with Gasteiger partial charge in [-0.15, -0.1) is 0 Å². The number of nitrogens with one attached hydrogen (secondary N) is 1. The third kappa shape index (κ3) is 3.42. The van der Waals surface area contributed by atoms with E-state index in [1.807, 2.05) is 4.90 Å². The van der Waals surface area contributed by atoms with Crippen LogP contribution in [-0.2, 0) is 9.53 Å². The number of piperazine rings is 1. The van der Waals surface area contributed by atoms with Crippen molar-refractivity contribution in [3.63, 3.8) is 0 Å². The number of carbonyl (C=O) groups is 2. The Balaban J connectivity index is 1.78. The van der Waals surface area contributed by atoms with Gasteiger partial charge in [0, 0.05) is 53.4 Å². The molecule has 0 aromatic carbocycles. The topological polar surface area (TPSA) is 101 Å². The minimum absolute atomic E-state index is 0.151. The molecular formula is C15H26N6O4. The number of urea groups is 1. The van der Waals surface area contributed by atoms with Gasteiger partial charge in [-0.25, -0.2) is 9.79 Å². The molecule has 140 valence electrons. The van der Waals surface area contributed by atoms with Crippen molar-refractivity contribution < 1.29 is 19.4 Å². The van der Waals surface area contributed by atoms with E-state index in [0.717, 1.165) is 32.1 Å². The molecule has 0 radical (unpaired) electrons. The van der Waals surface area contributed by atoms with Crippen LogP contribution in [0.2, 0.25) is 0 Å². The second kappa shape index (κ2) is 7.54. The molecule has 10 nitrogen and oxygen atoms in total. The summed E-state index contributed by atoms with van der Waals surface area (Å²) in [5, 5.41) is 11.5. The van der Waals surface area contributed by atoms with E-state index in [0.29, 0.717) is 19.7 Å². The number of carbonyl (C=O) groups excluding carboxylic acids is 2. The first-order valence-corrected chi connectivity index (χ1v) is 8.56. The number of guanidine groups is 1. The SMILES string of the molecule is COCCN1C(N2CCN(CCO)CC2)=NC2C1C(=O)NC(=O)N2C. The van der Waals surface area contributed by atoms with Gasteiger partial charge < -0.3 is 24.5 Å². The number of aliphatic hydroxyl groups is 1. The predicted molar refractivity (Wildman–Crippen MR) is 90.0 cm³/mol. The number of aliphatic hydroxyl groups excluding tert-OH is 1. The average molecular weight is 354 g/mol. The Morgan fingerprint density at radius 3 is 2.60 bits per heavy atom. The van der Waals surface area contributed by atoms with Crippen molar-refractivity contribution in [3.05, 3.63) is 0 Å². The lowest BCUT2D eigenvalue weighted by atomic mass is 10.1. The van der Waals surface area contributed by atoms with E-state index in [2.05, 4.69) is 15.1 Å². The Kier molecular flexibility index (Phi) is 5.40. The van der Waals surface area contributed by atoms with Crippen LogP contribution in [0.15, 0.2) is 4.99 Å². The minimum atomic E-state index is -0.525. The number of fused-ring (bicyclic) bond motifs is 1. The van der Waals surface area contributed by atoms with Crippen molar-refractivity contribution in [2.45, 2.75) is 12.2 Å². The van der Waals surface area contributed by atoms with Crippen molar-refractivity contribution in [2.75, 3.05) is 66.6 Å². The van der Waals surface area contributed by atoms with Crippen molar-refractivity contribution in [2.24, 2.45) is 4.99 Å². The first kappa shape index (κ1) is 17.9. The van der Waals surface area contributed by atoms with Gasteiger partial charge in [0.1, 0.15) is 0 Å². The number of β-amino-alcohol motifs (C(OH)–C–C–N with tert-alkyl or cyclic N) is 1. The lowest BCUT2D eigenvalue weighted by molar-refractivity contribution is -0.127. The zero-order valence-electron chi connectivity index (χ0n) is 14.7. The van der Waals surface area contributed by atoms with Crippen molar-refractivity contribution in [1.29, 1.82) is 0 Å². The summed E-state index contributed by atoms with van der Waals surface area (Å²) < 4.78 is 5.19. The van der Waals surface area contributed by atoms with E-state index in [1.54, 1.807) is 14.2 Å². The summed E-state index contributed by atoms with van der Waals surface area (Å²) >= 11 is 0. The maximum Gasteiger partial charge on any atom is 0.325 e. The van der Waals surface area contributed by atoms with Gasteiger partial charge in [0.05, 0.1) is 13.2 Å². The van der Waals surface area contributed by atoms with E-state index in [-0.39, 0.29) is 12.5 Å². The maximum atomic E-state index is 12.4. The number of ether oxygens (including phenoxy) is 1. The van der Waals surface area contributed by atoms with E-state index in [4.69, 9.17) is 14.8 Å². The maximum absolute atomic E-state index is 12.4. The van der Waals surface area contributed by atoms with Crippen LogP contribution >= 0.6 is 0 Å². The largest absolute Gasteiger partial charge is 0.395 e. The van der Waals surface area contributed by atoms with Crippen LogP contribution in [0.5, 0.6) is 0 Å². The number of nitrogens with zero attached hydrogens (tertiary/aromatic N) is 5. The molecule has 0 spiro atoms. The number of rotatable bonds is 5. The van der Waals surface area contributed by atoms with E-state index >= 15 is 0 Å². The zero-order chi connectivity index (χ0) is 18.0. The summed E-state index contributed by atoms with van der Waals surface area (Å²) in [5.74, 6) is 0.425. The number of aliphatic imine (C=N–C) groups is 1. The molecule has 0 saturated carbocycles. The molecule has 3 amide bonds. The molecule has 10 heteroatoms. The van der Waals surface area contributed by atoms with Crippen LogP contribution < -0.4 is 5.32 Å². The standard InChI is InChI=1S/C15H26N6O4/c1-18-12-11(13(23)17-15(18)24)21(8-10-25-2)14(16-12)20-5-3-19(4-6-20)7-9-22/h11-12,22H,3-10H2,1-2H3,(H,17,23,24). The number of likely N-dealkylation sites (N-methyl/N-ethyl adjacent to an activating group) is 1. The fraction of sp³-hybridized carbons (Fsp3) is 0.800. The molecule has 0 aromatic heterocycles. The Bertz CT molecular complexity index is 548. The van der Waals surface area contributed by atoms with Crippen LogP contribution in [-0.4, -0.2) is 121 Å². The number of imide groups is 1. The summed E-state index contributed by atoms with van der Waals surface area (Å²) in [6.07, 6.45) is -0.511. The second-order valence-corrected chi connectivity index (χ2v) is 6.43. The van der Waals surface area contributed by atoms with Gasteiger partial charge in [0.15, 0.2) is 18.2 Å². The van der Waals surface area contributed by atoms with Crippen LogP contribution in [0.25, 0.3) is 0 Å². The quantitative estimate of drug-likeness (QED) is 0.577. The lowest BCUT2D eigenvalue weighted by Gasteiger charge is -2.40. The summed E-state index contributed by atoms with van der Waals surface area (Å²) in [5.41, 5.74) is 0. The van der Waals surface area contributed by atoms with E-state index in [9.17, 15) is 9.59 Å². The highest BCUT2D eigenvalue weighted by atomic mass is 16.5. The number of methoxy groups -OCH3 is 1. The van der Waals surface area contributed by atoms with Crippen LogP contribution in [0, 0.1) is 0 Å². The smallest absolute Gasteiger partial charge is 0.325 e. The first-order valence-electron chi connectivity index (χ1n) is 8.56. The van der Waals surface area contributed by atoms with Gasteiger partial charge in [-0.2, -0.15) is 0 Å². The monoisotopic (exact) mass is 354 g/mol. The highest BCUT2D eigenvalue weighted by molar-refractivity contribution is 6.03. The summed E-state index contributed by atoms with van der Waals surface area (Å²) in [6.45, 7) is 5.00. The fourth-order valence-corrected chi connectivity index (χ4v) is 3.52. The molecule has 2 atom stereocenters. The third-order valence-electron chi connectivity index (χ3n) is 4.95. The minimum Gasteiger partial charge on any atom is -0.395 e. The Hall–Kier alpha value is -1.91. The second-order valence-electron chi connectivity index (χ2n) is 6.43. The van der Waals surface area contributed by atoms with Gasteiger partial charge >= 0.3 is 6.03 Å². The molecule has 2 fully saturated rings. The van der Waals surface area contributed by atoms with Crippen LogP contribution in [0.3, 0.4) is 0 Å². The van der Waals surface area contributed by atoms with Gasteiger partial charge in [0.2, 0.25) is 0 Å². The van der Waals surface area contributed by atoms with Crippen LogP contribution in [0.4, 0.5) is 4.79 Å². The molecule has 3 rings (SSSR count). The highest BCUT2D eigenvalue weighted by Crippen LogP contribution is 2.25. The predicted octanol–water partition coefficient (Wildman–Crippen LogP) is -2.21. The molecule has 2 N–H and O–H groups in total. The molecule has 0 bridgehead atoms. The first-order chi connectivity index (χ1) is 12.1. The van der Waals surface area contributed by atoms with Crippen LogP contribution in [0.1, 0.15) is 0 Å². The van der Waals surface area contributed by atoms with E-state index < -0.39 is 18.2 Å². The number of hydrogen-bond donors (Lipinski definition) is 2. The Morgan fingerprint density at radius 2 is 1.96 bits per heavy atom. The molecule has 3 aliphatic rings. The molecule has 25 heavy (non-hydrogen) atoms. The van der Waals surface area contributed by atoms with Gasteiger partial charge in [-0.3, -0.25) is 15.0 Å². The summed E-state index contributed by atoms with van der Waals surface area (Å²) in [4.78, 5) is 36.8. The molecule has 3 aliphatic heterocycles. The lowest BCUT2D eigenvalue weighted by Crippen LogP contribution is -2.65. The summed E-state index contributed by atoms with van der Waals surface area (Å²) in [7, 11) is 3.27. The molecule has 0 aromatic rings. The average Bonchev–Trinajstić information content (AvgIpc) is 2.99. The molecule has 3 heterocycles. The molecule has 2 saturated heterocycles. The zero-order valence-corrected chi connectivity index (χ0v) is 14.7. The number of amides is 3. The molecular weight excluding hydrogens is 328 g/mol. The van der Waals surface area contributed by atoms with Crippen molar-refractivity contribution >= 4 is 17.9 Å². The van der Waals surface area contributed by atoms with Crippen molar-refractivity contribution in [1.82, 2.24) is 24.9 Å². The highest BCUT2D eigenvalue weighted by Gasteiger charge is 2.49. The Morgan fingerprint density at radius 1 is 1.24 bits per heavy atom. The number of hydrogen-bond acceptors (Lipinski definition) is 8. The molecule has 0 aliphatic carbocycles. The Labute approximate surface area is 147 Å². The third-order valence-corrected chi connectivity index (χ3v) is 4.95. The van der Waals surface area contributed by atoms with E-state index in [1.165, 1.54) is 4.90 Å².